The van der Waals surface area contributed by atoms with Crippen LogP contribution in [0.25, 0.3) is 0 Å². The molecule has 2 N–H and O–H groups in total. The molecule has 0 heterocycles. The molecule has 0 bridgehead atoms. The Morgan fingerprint density at radius 1 is 1.19 bits per heavy atom. The van der Waals surface area contributed by atoms with Gasteiger partial charge in [0, 0.05) is 19.8 Å². The Balaban J connectivity index is 2.65. The molecule has 0 aliphatic carbocycles. The maximum atomic E-state index is 11.8. The number of sulfone groups is 1. The molecule has 1 atom stereocenters. The van der Waals surface area contributed by atoms with Crippen LogP contribution in [-0.2, 0) is 9.84 Å². The van der Waals surface area contributed by atoms with Crippen LogP contribution in [-0.4, -0.2) is 45.6 Å². The first-order valence-electron chi connectivity index (χ1n) is 8.86. The van der Waals surface area contributed by atoms with Gasteiger partial charge in [-0.15, -0.1) is 0 Å². The van der Waals surface area contributed by atoms with Gasteiger partial charge in [-0.3, -0.25) is 4.99 Å². The molecule has 0 aliphatic rings. The van der Waals surface area contributed by atoms with Gasteiger partial charge in [-0.2, -0.15) is 0 Å². The van der Waals surface area contributed by atoms with E-state index in [-0.39, 0.29) is 12.6 Å². The lowest BCUT2D eigenvalue weighted by molar-refractivity contribution is 0.271. The molecule has 1 aromatic carbocycles. The number of hydrogen-bond donors (Lipinski definition) is 2. The molecule has 7 heteroatoms. The number of nitrogens with one attached hydrogen (secondary N) is 2. The van der Waals surface area contributed by atoms with Gasteiger partial charge in [-0.25, -0.2) is 8.42 Å². The summed E-state index contributed by atoms with van der Waals surface area (Å²) in [4.78, 5) is 4.18. The molecular weight excluding hydrogens is 350 g/mol. The van der Waals surface area contributed by atoms with Gasteiger partial charge in [0.25, 0.3) is 0 Å². The molecule has 0 aliphatic heterocycles. The van der Waals surface area contributed by atoms with Crippen LogP contribution < -0.4 is 15.4 Å². The zero-order chi connectivity index (χ0) is 20.0. The molecule has 148 valence electrons. The van der Waals surface area contributed by atoms with E-state index >= 15 is 0 Å². The summed E-state index contributed by atoms with van der Waals surface area (Å²) in [6.07, 6.45) is 1.25. The molecule has 1 aromatic rings. The molecule has 6 nitrogen and oxygen atoms in total. The zero-order valence-corrected chi connectivity index (χ0v) is 17.8. The average molecular weight is 384 g/mol. The third kappa shape index (κ3) is 6.86. The van der Waals surface area contributed by atoms with Crippen LogP contribution in [0.3, 0.4) is 0 Å². The number of rotatable bonds is 8. The van der Waals surface area contributed by atoms with Gasteiger partial charge in [-0.1, -0.05) is 26.0 Å². The Morgan fingerprint density at radius 3 is 2.23 bits per heavy atom. The fraction of sp³-hybridized carbons (Fsp3) is 0.632. The topological polar surface area (TPSA) is 79.8 Å². The maximum absolute atomic E-state index is 11.8. The Morgan fingerprint density at radius 2 is 1.77 bits per heavy atom. The third-order valence-corrected chi connectivity index (χ3v) is 6.38. The Labute approximate surface area is 158 Å². The molecule has 1 rings (SSSR count). The summed E-state index contributed by atoms with van der Waals surface area (Å²) >= 11 is 0. The highest BCUT2D eigenvalue weighted by Gasteiger charge is 2.30. The van der Waals surface area contributed by atoms with E-state index in [9.17, 15) is 8.42 Å². The monoisotopic (exact) mass is 383 g/mol. The van der Waals surface area contributed by atoms with Gasteiger partial charge in [0.05, 0.1) is 17.4 Å². The molecule has 0 saturated heterocycles. The molecule has 0 fully saturated rings. The Hall–Kier alpha value is -1.76. The maximum Gasteiger partial charge on any atom is 0.191 e. The Kier molecular flexibility index (Phi) is 7.93. The van der Waals surface area contributed by atoms with Gasteiger partial charge in [0.2, 0.25) is 0 Å². The van der Waals surface area contributed by atoms with Crippen LogP contribution in [0.5, 0.6) is 5.75 Å². The second kappa shape index (κ2) is 9.26. The van der Waals surface area contributed by atoms with Crippen LogP contribution in [0, 0.1) is 5.92 Å². The summed E-state index contributed by atoms with van der Waals surface area (Å²) in [5.74, 6) is 1.90. The largest absolute Gasteiger partial charge is 0.493 e. The quantitative estimate of drug-likeness (QED) is 0.533. The number of guanidine groups is 1. The van der Waals surface area contributed by atoms with Crippen LogP contribution >= 0.6 is 0 Å². The molecule has 0 saturated carbocycles. The molecule has 1 unspecified atom stereocenters. The van der Waals surface area contributed by atoms with Gasteiger partial charge < -0.3 is 15.4 Å². The van der Waals surface area contributed by atoms with E-state index in [1.165, 1.54) is 6.26 Å². The van der Waals surface area contributed by atoms with Gasteiger partial charge in [0.1, 0.15) is 5.75 Å². The van der Waals surface area contributed by atoms with Crippen molar-refractivity contribution < 1.29 is 13.2 Å². The summed E-state index contributed by atoms with van der Waals surface area (Å²) < 4.78 is 28.5. The van der Waals surface area contributed by atoms with Crippen molar-refractivity contribution >= 4 is 15.8 Å². The van der Waals surface area contributed by atoms with E-state index in [1.54, 1.807) is 20.9 Å². The lowest BCUT2D eigenvalue weighted by Crippen LogP contribution is -2.48. The third-order valence-electron chi connectivity index (χ3n) is 4.23. The zero-order valence-electron chi connectivity index (χ0n) is 17.0. The van der Waals surface area contributed by atoms with E-state index in [2.05, 4.69) is 29.5 Å². The van der Waals surface area contributed by atoms with Gasteiger partial charge in [-0.05, 0) is 44.4 Å². The van der Waals surface area contributed by atoms with Crippen molar-refractivity contribution in [3.05, 3.63) is 29.8 Å². The molecule has 26 heavy (non-hydrogen) atoms. The van der Waals surface area contributed by atoms with Crippen molar-refractivity contribution in [3.8, 4) is 5.75 Å². The second-order valence-electron chi connectivity index (χ2n) is 7.60. The highest BCUT2D eigenvalue weighted by molar-refractivity contribution is 7.92. The van der Waals surface area contributed by atoms with E-state index in [0.29, 0.717) is 18.5 Å². The fourth-order valence-electron chi connectivity index (χ4n) is 2.03. The molecular formula is C19H33N3O3S. The minimum absolute atomic E-state index is 0.0155. The van der Waals surface area contributed by atoms with Crippen LogP contribution in [0.15, 0.2) is 29.3 Å². The van der Waals surface area contributed by atoms with Crippen LogP contribution in [0.1, 0.15) is 46.2 Å². The summed E-state index contributed by atoms with van der Waals surface area (Å²) in [7, 11) is -1.50. The van der Waals surface area contributed by atoms with Gasteiger partial charge >= 0.3 is 0 Å². The summed E-state index contributed by atoms with van der Waals surface area (Å²) in [5, 5.41) is 6.38. The highest BCUT2D eigenvalue weighted by atomic mass is 32.2. The number of benzene rings is 1. The molecule has 0 radical (unpaired) electrons. The lowest BCUT2D eigenvalue weighted by Gasteiger charge is -2.25. The SMILES string of the molecule is CN=C(NCC(C)(C)S(C)(=O)=O)NC(C)c1ccc(OCC(C)C)cc1. The van der Waals surface area contributed by atoms with Crippen molar-refractivity contribution in [2.45, 2.75) is 45.4 Å². The number of aliphatic imine (C=N–C) groups is 1. The minimum Gasteiger partial charge on any atom is -0.493 e. The van der Waals surface area contributed by atoms with Crippen molar-refractivity contribution in [1.82, 2.24) is 10.6 Å². The lowest BCUT2D eigenvalue weighted by atomic mass is 10.1. The second-order valence-corrected chi connectivity index (χ2v) is 10.2. The molecule has 0 amide bonds. The smallest absolute Gasteiger partial charge is 0.191 e. The highest BCUT2D eigenvalue weighted by Crippen LogP contribution is 2.18. The predicted octanol–water partition coefficient (Wildman–Crippen LogP) is 2.77. The van der Waals surface area contributed by atoms with Crippen molar-refractivity contribution in [3.63, 3.8) is 0 Å². The van der Waals surface area contributed by atoms with Crippen molar-refractivity contribution in [2.24, 2.45) is 10.9 Å². The molecule has 0 aromatic heterocycles. The van der Waals surface area contributed by atoms with Crippen molar-refractivity contribution in [1.29, 1.82) is 0 Å². The van der Waals surface area contributed by atoms with Gasteiger partial charge in [0.15, 0.2) is 15.8 Å². The first kappa shape index (κ1) is 22.3. The first-order valence-corrected chi connectivity index (χ1v) is 10.7. The fourth-order valence-corrected chi connectivity index (χ4v) is 2.36. The summed E-state index contributed by atoms with van der Waals surface area (Å²) in [6, 6.07) is 7.96. The minimum atomic E-state index is -3.16. The Bertz CT molecular complexity index is 695. The number of ether oxygens (including phenoxy) is 1. The van der Waals surface area contributed by atoms with Crippen LogP contribution in [0.4, 0.5) is 0 Å². The molecule has 0 spiro atoms. The average Bonchev–Trinajstić information content (AvgIpc) is 2.55. The van der Waals surface area contributed by atoms with E-state index in [0.717, 1.165) is 11.3 Å². The van der Waals surface area contributed by atoms with Crippen molar-refractivity contribution in [2.75, 3.05) is 26.5 Å². The summed E-state index contributed by atoms with van der Waals surface area (Å²) in [5.41, 5.74) is 1.09. The summed E-state index contributed by atoms with van der Waals surface area (Å²) in [6.45, 7) is 10.6. The first-order chi connectivity index (χ1) is 12.0. The van der Waals surface area contributed by atoms with Crippen LogP contribution in [0.2, 0.25) is 0 Å². The predicted molar refractivity (Wildman–Crippen MR) is 109 cm³/mol. The standard InChI is InChI=1S/C19H33N3O3S/c1-14(2)12-25-17-10-8-16(9-11-17)15(3)22-18(20-6)21-13-19(4,5)26(7,23)24/h8-11,14-15H,12-13H2,1-7H3,(H2,20,21,22). The van der Waals surface area contributed by atoms with E-state index < -0.39 is 14.6 Å². The number of nitrogens with zero attached hydrogens (tertiary/aromatic N) is 1. The number of hydrogen-bond acceptors (Lipinski definition) is 4. The van der Waals surface area contributed by atoms with E-state index in [4.69, 9.17) is 4.74 Å². The normalized spacial score (nSPS) is 14.2. The van der Waals surface area contributed by atoms with E-state index in [1.807, 2.05) is 31.2 Å².